The molecule has 1 fully saturated rings. The van der Waals surface area contributed by atoms with E-state index in [1.165, 1.54) is 24.6 Å². The van der Waals surface area contributed by atoms with Crippen LogP contribution < -0.4 is 10.1 Å². The van der Waals surface area contributed by atoms with Gasteiger partial charge >= 0.3 is 0 Å². The normalized spacial score (nSPS) is 15.0. The molecule has 8 heteroatoms. The van der Waals surface area contributed by atoms with Crippen molar-refractivity contribution < 1.29 is 9.53 Å². The molecule has 1 heterocycles. The molecule has 0 aliphatic heterocycles. The molecule has 1 unspecified atom stereocenters. The van der Waals surface area contributed by atoms with E-state index in [1.54, 1.807) is 6.07 Å². The zero-order valence-corrected chi connectivity index (χ0v) is 18.9. The molecule has 6 nitrogen and oxygen atoms in total. The van der Waals surface area contributed by atoms with Crippen LogP contribution in [-0.4, -0.2) is 32.0 Å². The Balaban J connectivity index is 1.53. The van der Waals surface area contributed by atoms with Crippen molar-refractivity contribution in [2.24, 2.45) is 0 Å². The number of aromatic nitrogens is 3. The lowest BCUT2D eigenvalue weighted by Gasteiger charge is -2.17. The van der Waals surface area contributed by atoms with E-state index in [1.807, 2.05) is 60.0 Å². The smallest absolute Gasteiger partial charge is 0.233 e. The number of hydrogen-bond acceptors (Lipinski definition) is 5. The van der Waals surface area contributed by atoms with E-state index < -0.39 is 0 Å². The van der Waals surface area contributed by atoms with Gasteiger partial charge in [-0.3, -0.25) is 9.36 Å². The number of amides is 1. The van der Waals surface area contributed by atoms with E-state index >= 15 is 0 Å². The summed E-state index contributed by atoms with van der Waals surface area (Å²) in [7, 11) is 0. The first-order valence-corrected chi connectivity index (χ1v) is 11.7. The van der Waals surface area contributed by atoms with E-state index in [4.69, 9.17) is 16.3 Å². The van der Waals surface area contributed by atoms with Gasteiger partial charge in [0.1, 0.15) is 12.4 Å². The fraction of sp³-hybridized carbons (Fsp3) is 0.348. The largest absolute Gasteiger partial charge is 0.484 e. The van der Waals surface area contributed by atoms with E-state index in [9.17, 15) is 4.79 Å². The second-order valence-electron chi connectivity index (χ2n) is 7.54. The summed E-state index contributed by atoms with van der Waals surface area (Å²) in [4.78, 5) is 12.7. The Morgan fingerprint density at radius 3 is 2.61 bits per heavy atom. The number of carbonyl (C=O) groups excluding carboxylic acids is 1. The lowest BCUT2D eigenvalue weighted by atomic mass is 10.2. The number of benzene rings is 2. The third-order valence-corrected chi connectivity index (χ3v) is 6.62. The Kier molecular flexibility index (Phi) is 7.14. The topological polar surface area (TPSA) is 69.0 Å². The van der Waals surface area contributed by atoms with E-state index in [-0.39, 0.29) is 17.8 Å². The molecule has 0 radical (unpaired) electrons. The maximum Gasteiger partial charge on any atom is 0.233 e. The van der Waals surface area contributed by atoms with Crippen LogP contribution in [0, 0.1) is 0 Å². The average Bonchev–Trinajstić information content (AvgIpc) is 3.43. The Labute approximate surface area is 191 Å². The number of rotatable bonds is 8. The number of ether oxygens (including phenoxy) is 1. The van der Waals surface area contributed by atoms with Crippen molar-refractivity contribution in [3.05, 3.63) is 65.4 Å². The maximum atomic E-state index is 12.7. The van der Waals surface area contributed by atoms with Crippen LogP contribution in [0.15, 0.2) is 59.8 Å². The first-order valence-electron chi connectivity index (χ1n) is 10.5. The third-order valence-electron chi connectivity index (χ3n) is 5.26. The fourth-order valence-corrected chi connectivity index (χ4v) is 4.70. The summed E-state index contributed by atoms with van der Waals surface area (Å²) in [5, 5.41) is 12.8. The van der Waals surface area contributed by atoms with E-state index in [0.29, 0.717) is 27.8 Å². The van der Waals surface area contributed by atoms with Gasteiger partial charge in [-0.15, -0.1) is 10.2 Å². The number of thioether (sulfide) groups is 1. The quantitative estimate of drug-likeness (QED) is 0.481. The summed E-state index contributed by atoms with van der Waals surface area (Å²) in [6, 6.07) is 17.5. The summed E-state index contributed by atoms with van der Waals surface area (Å²) in [6.07, 6.45) is 4.49. The minimum atomic E-state index is -0.287. The molecule has 1 aliphatic carbocycles. The molecule has 0 bridgehead atoms. The van der Waals surface area contributed by atoms with Gasteiger partial charge in [-0.25, -0.2) is 0 Å². The highest BCUT2D eigenvalue weighted by atomic mass is 35.5. The number of nitrogens with one attached hydrogen (secondary N) is 1. The van der Waals surface area contributed by atoms with Gasteiger partial charge in [-0.1, -0.05) is 66.5 Å². The molecule has 31 heavy (non-hydrogen) atoms. The molecule has 1 N–H and O–H groups in total. The molecule has 1 saturated carbocycles. The minimum absolute atomic E-state index is 0.0355. The second-order valence-corrected chi connectivity index (χ2v) is 9.25. The van der Waals surface area contributed by atoms with Crippen LogP contribution >= 0.6 is 23.4 Å². The first-order chi connectivity index (χ1) is 15.1. The number of nitrogens with zero attached hydrogens (tertiary/aromatic N) is 3. The molecular formula is C23H25ClN4O2S. The molecule has 1 amide bonds. The van der Waals surface area contributed by atoms with Crippen LogP contribution in [0.4, 0.5) is 0 Å². The SMILES string of the molecule is CC(Sc1nnc(COc2ccccc2Cl)n1-c1ccccc1)C(=O)NC1CCCC1. The highest BCUT2D eigenvalue weighted by molar-refractivity contribution is 8.00. The molecule has 1 aromatic heterocycles. The number of hydrogen-bond donors (Lipinski definition) is 1. The Hall–Kier alpha value is -2.51. The van der Waals surface area contributed by atoms with E-state index in [0.717, 1.165) is 18.5 Å². The molecule has 162 valence electrons. The average molecular weight is 457 g/mol. The van der Waals surface area contributed by atoms with Crippen LogP contribution in [0.2, 0.25) is 5.02 Å². The zero-order chi connectivity index (χ0) is 21.6. The van der Waals surface area contributed by atoms with Crippen LogP contribution in [0.1, 0.15) is 38.4 Å². The highest BCUT2D eigenvalue weighted by Crippen LogP contribution is 2.28. The van der Waals surface area contributed by atoms with Gasteiger partial charge in [-0.05, 0) is 44.0 Å². The van der Waals surface area contributed by atoms with Gasteiger partial charge in [0.05, 0.1) is 10.3 Å². The Morgan fingerprint density at radius 2 is 1.87 bits per heavy atom. The molecular weight excluding hydrogens is 432 g/mol. The summed E-state index contributed by atoms with van der Waals surface area (Å²) in [6.45, 7) is 2.10. The summed E-state index contributed by atoms with van der Waals surface area (Å²) >= 11 is 7.61. The lowest BCUT2D eigenvalue weighted by Crippen LogP contribution is -2.37. The number of halogens is 1. The van der Waals surface area contributed by atoms with Gasteiger partial charge in [0.2, 0.25) is 5.91 Å². The third kappa shape index (κ3) is 5.40. The van der Waals surface area contributed by atoms with Crippen LogP contribution in [0.25, 0.3) is 5.69 Å². The second kappa shape index (κ2) is 10.2. The van der Waals surface area contributed by atoms with Gasteiger partial charge in [0.25, 0.3) is 0 Å². The minimum Gasteiger partial charge on any atom is -0.484 e. The number of para-hydroxylation sites is 2. The molecule has 0 spiro atoms. The Bertz CT molecular complexity index is 1020. The van der Waals surface area contributed by atoms with Gasteiger partial charge < -0.3 is 10.1 Å². The molecule has 1 atom stereocenters. The van der Waals surface area contributed by atoms with Gasteiger partial charge in [0.15, 0.2) is 11.0 Å². The fourth-order valence-electron chi connectivity index (χ4n) is 3.61. The summed E-state index contributed by atoms with van der Waals surface area (Å²) in [5.74, 6) is 1.26. The maximum absolute atomic E-state index is 12.7. The van der Waals surface area contributed by atoms with E-state index in [2.05, 4.69) is 15.5 Å². The van der Waals surface area contributed by atoms with Crippen molar-refractivity contribution in [1.29, 1.82) is 0 Å². The summed E-state index contributed by atoms with van der Waals surface area (Å²) < 4.78 is 7.83. The van der Waals surface area contributed by atoms with Crippen LogP contribution in [0.5, 0.6) is 5.75 Å². The molecule has 4 rings (SSSR count). The van der Waals surface area contributed by atoms with Crippen molar-refractivity contribution in [2.45, 2.75) is 55.7 Å². The zero-order valence-electron chi connectivity index (χ0n) is 17.3. The Morgan fingerprint density at radius 1 is 1.16 bits per heavy atom. The first kappa shape index (κ1) is 21.7. The van der Waals surface area contributed by atoms with Crippen molar-refractivity contribution in [2.75, 3.05) is 0 Å². The standard InChI is InChI=1S/C23H25ClN4O2S/c1-16(22(29)25-17-9-5-6-10-17)31-23-27-26-21(28(23)18-11-3-2-4-12-18)15-30-20-14-8-7-13-19(20)24/h2-4,7-8,11-14,16-17H,5-6,9-10,15H2,1H3,(H,25,29). The monoisotopic (exact) mass is 456 g/mol. The predicted molar refractivity (Wildman–Crippen MR) is 123 cm³/mol. The molecule has 1 aliphatic rings. The molecule has 3 aromatic rings. The van der Waals surface area contributed by atoms with Crippen molar-refractivity contribution in [3.8, 4) is 11.4 Å². The van der Waals surface area contributed by atoms with Crippen molar-refractivity contribution >= 4 is 29.3 Å². The predicted octanol–water partition coefficient (Wildman–Crippen LogP) is 5.04. The van der Waals surface area contributed by atoms with Crippen molar-refractivity contribution in [1.82, 2.24) is 20.1 Å². The summed E-state index contributed by atoms with van der Waals surface area (Å²) in [5.41, 5.74) is 0.913. The lowest BCUT2D eigenvalue weighted by molar-refractivity contribution is -0.120. The molecule has 0 saturated heterocycles. The van der Waals surface area contributed by atoms with Crippen LogP contribution in [0.3, 0.4) is 0 Å². The van der Waals surface area contributed by atoms with Gasteiger partial charge in [0, 0.05) is 11.7 Å². The van der Waals surface area contributed by atoms with Crippen molar-refractivity contribution in [3.63, 3.8) is 0 Å². The highest BCUT2D eigenvalue weighted by Gasteiger charge is 2.24. The molecule has 2 aromatic carbocycles. The number of carbonyl (C=O) groups is 1. The van der Waals surface area contributed by atoms with Crippen LogP contribution in [-0.2, 0) is 11.4 Å². The van der Waals surface area contributed by atoms with Gasteiger partial charge in [-0.2, -0.15) is 0 Å².